The van der Waals surface area contributed by atoms with Gasteiger partial charge in [0.1, 0.15) is 0 Å². The van der Waals surface area contributed by atoms with Gasteiger partial charge in [0, 0.05) is 63.6 Å². The fraction of sp³-hybridized carbons (Fsp3) is 0.619. The Bertz CT molecular complexity index is 958. The largest absolute Gasteiger partial charge is 0.299 e. The second kappa shape index (κ2) is 9.00. The van der Waals surface area contributed by atoms with E-state index < -0.39 is 0 Å². The van der Waals surface area contributed by atoms with Gasteiger partial charge >= 0.3 is 0 Å². The Morgan fingerprint density at radius 1 is 0.862 bits per heavy atom. The van der Waals surface area contributed by atoms with Crippen LogP contribution in [-0.2, 0) is 25.9 Å². The number of piperazine rings is 1. The minimum Gasteiger partial charge on any atom is -0.299 e. The predicted molar refractivity (Wildman–Crippen MR) is 111 cm³/mol. The third kappa shape index (κ3) is 5.00. The van der Waals surface area contributed by atoms with E-state index in [0.717, 1.165) is 75.5 Å². The van der Waals surface area contributed by atoms with Crippen LogP contribution in [0.2, 0.25) is 0 Å². The van der Waals surface area contributed by atoms with Crippen LogP contribution in [0.5, 0.6) is 0 Å². The van der Waals surface area contributed by atoms with Crippen LogP contribution in [0.3, 0.4) is 0 Å². The molecule has 1 saturated heterocycles. The normalized spacial score (nSPS) is 18.0. The van der Waals surface area contributed by atoms with E-state index in [2.05, 4.69) is 19.9 Å². The number of rotatable bonds is 6. The summed E-state index contributed by atoms with van der Waals surface area (Å²) in [6.07, 6.45) is 5.96. The zero-order valence-corrected chi connectivity index (χ0v) is 17.2. The van der Waals surface area contributed by atoms with Gasteiger partial charge in [-0.2, -0.15) is 5.10 Å². The van der Waals surface area contributed by atoms with E-state index in [4.69, 9.17) is 0 Å². The monoisotopic (exact) mass is 398 g/mol. The van der Waals surface area contributed by atoms with Gasteiger partial charge in [-0.1, -0.05) is 0 Å². The molecule has 3 heterocycles. The van der Waals surface area contributed by atoms with Crippen molar-refractivity contribution in [2.75, 3.05) is 39.3 Å². The molecule has 29 heavy (non-hydrogen) atoms. The van der Waals surface area contributed by atoms with Gasteiger partial charge in [-0.05, 0) is 38.2 Å². The number of aromatic nitrogens is 4. The quantitative estimate of drug-likeness (QED) is 0.697. The van der Waals surface area contributed by atoms with Crippen molar-refractivity contribution in [2.45, 2.75) is 45.7 Å². The van der Waals surface area contributed by atoms with Crippen molar-refractivity contribution in [3.05, 3.63) is 56.1 Å². The lowest BCUT2D eigenvalue weighted by Gasteiger charge is -2.34. The van der Waals surface area contributed by atoms with Gasteiger partial charge in [-0.3, -0.25) is 24.0 Å². The highest BCUT2D eigenvalue weighted by molar-refractivity contribution is 5.20. The predicted octanol–water partition coefficient (Wildman–Crippen LogP) is 0.305. The Labute approximate surface area is 170 Å². The molecule has 0 unspecified atom stereocenters. The molecule has 0 atom stereocenters. The maximum atomic E-state index is 12.3. The molecule has 0 bridgehead atoms. The van der Waals surface area contributed by atoms with Crippen LogP contribution < -0.4 is 11.1 Å². The molecule has 4 rings (SSSR count). The second-order valence-electron chi connectivity index (χ2n) is 8.13. The first kappa shape index (κ1) is 20.0. The van der Waals surface area contributed by atoms with Crippen LogP contribution in [0.1, 0.15) is 29.8 Å². The molecule has 156 valence electrons. The third-order valence-corrected chi connectivity index (χ3v) is 6.04. The van der Waals surface area contributed by atoms with Gasteiger partial charge in [0.2, 0.25) is 0 Å². The van der Waals surface area contributed by atoms with E-state index in [0.29, 0.717) is 13.1 Å². The van der Waals surface area contributed by atoms with Gasteiger partial charge in [0.05, 0.1) is 18.6 Å². The SMILES string of the molecule is Cc1cc(=O)n(CCN2CCN(CCn3nc4c(cc3=O)CCCC4)CC2)cn1. The first-order valence-electron chi connectivity index (χ1n) is 10.7. The van der Waals surface area contributed by atoms with Gasteiger partial charge in [0.15, 0.2) is 0 Å². The highest BCUT2D eigenvalue weighted by atomic mass is 16.1. The van der Waals surface area contributed by atoms with E-state index in [9.17, 15) is 9.59 Å². The van der Waals surface area contributed by atoms with Crippen molar-refractivity contribution >= 4 is 0 Å². The summed E-state index contributed by atoms with van der Waals surface area (Å²) < 4.78 is 3.32. The third-order valence-electron chi connectivity index (χ3n) is 6.04. The van der Waals surface area contributed by atoms with Crippen molar-refractivity contribution in [3.63, 3.8) is 0 Å². The Kier molecular flexibility index (Phi) is 6.20. The zero-order valence-electron chi connectivity index (χ0n) is 17.2. The molecule has 0 saturated carbocycles. The fourth-order valence-electron chi connectivity index (χ4n) is 4.17. The van der Waals surface area contributed by atoms with E-state index in [1.165, 1.54) is 6.42 Å². The summed E-state index contributed by atoms with van der Waals surface area (Å²) in [5.41, 5.74) is 3.06. The van der Waals surface area contributed by atoms with Crippen LogP contribution in [0.15, 0.2) is 28.0 Å². The topological polar surface area (TPSA) is 76.3 Å². The van der Waals surface area contributed by atoms with E-state index in [1.54, 1.807) is 27.7 Å². The Balaban J connectivity index is 1.24. The van der Waals surface area contributed by atoms with Gasteiger partial charge in [-0.25, -0.2) is 9.67 Å². The highest BCUT2D eigenvalue weighted by Crippen LogP contribution is 2.16. The van der Waals surface area contributed by atoms with Crippen molar-refractivity contribution in [1.82, 2.24) is 29.1 Å². The Morgan fingerprint density at radius 2 is 1.55 bits per heavy atom. The number of hydrogen-bond donors (Lipinski definition) is 0. The van der Waals surface area contributed by atoms with Crippen LogP contribution >= 0.6 is 0 Å². The number of fused-ring (bicyclic) bond motifs is 1. The Hall–Kier alpha value is -2.32. The standard InChI is InChI=1S/C21H30N6O2/c1-17-14-20(28)26(16-22-17)12-10-24-6-8-25(9-7-24)11-13-27-21(29)15-18-4-2-3-5-19(18)23-27/h14-16H,2-13H2,1H3. The lowest BCUT2D eigenvalue weighted by Crippen LogP contribution is -2.48. The smallest absolute Gasteiger partial charge is 0.267 e. The van der Waals surface area contributed by atoms with Gasteiger partial charge in [0.25, 0.3) is 11.1 Å². The molecular weight excluding hydrogens is 368 g/mol. The molecule has 2 aliphatic rings. The number of aryl methyl sites for hydroxylation is 3. The second-order valence-corrected chi connectivity index (χ2v) is 8.13. The number of hydrogen-bond acceptors (Lipinski definition) is 6. The van der Waals surface area contributed by atoms with Crippen molar-refractivity contribution < 1.29 is 0 Å². The first-order valence-corrected chi connectivity index (χ1v) is 10.7. The minimum atomic E-state index is 0.0131. The molecule has 0 amide bonds. The molecule has 2 aromatic rings. The summed E-state index contributed by atoms with van der Waals surface area (Å²) in [6.45, 7) is 8.74. The fourth-order valence-corrected chi connectivity index (χ4v) is 4.17. The Morgan fingerprint density at radius 3 is 2.28 bits per heavy atom. The maximum Gasteiger partial charge on any atom is 0.267 e. The van der Waals surface area contributed by atoms with Crippen LogP contribution in [0.4, 0.5) is 0 Å². The zero-order chi connectivity index (χ0) is 20.2. The summed E-state index contributed by atoms with van der Waals surface area (Å²) in [5.74, 6) is 0. The molecule has 1 aliphatic heterocycles. The average Bonchev–Trinajstić information content (AvgIpc) is 2.72. The van der Waals surface area contributed by atoms with E-state index in [-0.39, 0.29) is 11.1 Å². The van der Waals surface area contributed by atoms with E-state index in [1.807, 2.05) is 6.92 Å². The van der Waals surface area contributed by atoms with Crippen LogP contribution in [0, 0.1) is 6.92 Å². The first-order chi connectivity index (χ1) is 14.1. The van der Waals surface area contributed by atoms with Crippen molar-refractivity contribution in [2.24, 2.45) is 0 Å². The molecule has 0 aromatic carbocycles. The summed E-state index contributed by atoms with van der Waals surface area (Å²) in [6, 6.07) is 3.37. The van der Waals surface area contributed by atoms with Gasteiger partial charge in [-0.15, -0.1) is 0 Å². The molecular formula is C21H30N6O2. The lowest BCUT2D eigenvalue weighted by molar-refractivity contribution is 0.124. The summed E-state index contributed by atoms with van der Waals surface area (Å²) in [7, 11) is 0. The summed E-state index contributed by atoms with van der Waals surface area (Å²) in [4.78, 5) is 33.3. The molecule has 0 radical (unpaired) electrons. The van der Waals surface area contributed by atoms with Crippen molar-refractivity contribution in [1.29, 1.82) is 0 Å². The average molecular weight is 399 g/mol. The number of nitrogens with zero attached hydrogens (tertiary/aromatic N) is 6. The lowest BCUT2D eigenvalue weighted by atomic mass is 9.97. The maximum absolute atomic E-state index is 12.3. The van der Waals surface area contributed by atoms with Crippen molar-refractivity contribution in [3.8, 4) is 0 Å². The van der Waals surface area contributed by atoms with E-state index >= 15 is 0 Å². The summed E-state index contributed by atoms with van der Waals surface area (Å²) >= 11 is 0. The van der Waals surface area contributed by atoms with Crippen LogP contribution in [0.25, 0.3) is 0 Å². The molecule has 8 nitrogen and oxygen atoms in total. The molecule has 0 N–H and O–H groups in total. The van der Waals surface area contributed by atoms with Gasteiger partial charge < -0.3 is 0 Å². The minimum absolute atomic E-state index is 0.0131. The highest BCUT2D eigenvalue weighted by Gasteiger charge is 2.18. The van der Waals surface area contributed by atoms with Crippen LogP contribution in [-0.4, -0.2) is 68.4 Å². The molecule has 0 spiro atoms. The molecule has 2 aromatic heterocycles. The molecule has 1 fully saturated rings. The molecule has 1 aliphatic carbocycles. The molecule has 8 heteroatoms. The summed E-state index contributed by atoms with van der Waals surface area (Å²) in [5, 5.41) is 4.62.